The van der Waals surface area contributed by atoms with E-state index in [2.05, 4.69) is 5.32 Å². The number of aliphatic hydroxyl groups excluding tert-OH is 1. The number of carbonyl (C=O) groups excluding carboxylic acids is 1. The standard InChI is InChI=1S/C14H17Cl2NO2/c15-10-5-3-6-11(16)13(10)14(19)17-12-7-2-1-4-9(12)8-18/h3,5-6,9,12,18H,1-2,4,7-8H2,(H,17,19). The summed E-state index contributed by atoms with van der Waals surface area (Å²) in [7, 11) is 0. The van der Waals surface area contributed by atoms with Crippen LogP contribution in [0.15, 0.2) is 18.2 Å². The van der Waals surface area contributed by atoms with Crippen molar-refractivity contribution in [1.82, 2.24) is 5.32 Å². The smallest absolute Gasteiger partial charge is 0.254 e. The molecule has 1 fully saturated rings. The van der Waals surface area contributed by atoms with Gasteiger partial charge in [0.25, 0.3) is 5.91 Å². The molecule has 3 nitrogen and oxygen atoms in total. The lowest BCUT2D eigenvalue weighted by Crippen LogP contribution is -2.43. The van der Waals surface area contributed by atoms with Crippen molar-refractivity contribution in [2.24, 2.45) is 5.92 Å². The number of rotatable bonds is 3. The first kappa shape index (κ1) is 14.6. The first-order chi connectivity index (χ1) is 9.13. The monoisotopic (exact) mass is 301 g/mol. The number of carbonyl (C=O) groups is 1. The molecule has 2 unspecified atom stereocenters. The molecule has 5 heteroatoms. The van der Waals surface area contributed by atoms with Gasteiger partial charge in [-0.1, -0.05) is 42.1 Å². The summed E-state index contributed by atoms with van der Waals surface area (Å²) < 4.78 is 0. The molecule has 2 N–H and O–H groups in total. The molecular formula is C14H17Cl2NO2. The van der Waals surface area contributed by atoms with Crippen LogP contribution in [-0.4, -0.2) is 23.7 Å². The van der Waals surface area contributed by atoms with Gasteiger partial charge >= 0.3 is 0 Å². The van der Waals surface area contributed by atoms with Gasteiger partial charge in [0.1, 0.15) is 0 Å². The zero-order chi connectivity index (χ0) is 13.8. The molecule has 2 atom stereocenters. The molecule has 0 aliphatic heterocycles. The fourth-order valence-corrected chi connectivity index (χ4v) is 3.14. The first-order valence-corrected chi connectivity index (χ1v) is 7.25. The van der Waals surface area contributed by atoms with Crippen LogP contribution in [0.25, 0.3) is 0 Å². The van der Waals surface area contributed by atoms with Crippen LogP contribution < -0.4 is 5.32 Å². The fourth-order valence-electron chi connectivity index (χ4n) is 2.57. The minimum Gasteiger partial charge on any atom is -0.396 e. The highest BCUT2D eigenvalue weighted by Gasteiger charge is 2.27. The molecule has 1 saturated carbocycles. The predicted octanol–water partition coefficient (Wildman–Crippen LogP) is 3.27. The summed E-state index contributed by atoms with van der Waals surface area (Å²) in [6, 6.07) is 5.00. The molecule has 1 amide bonds. The van der Waals surface area contributed by atoms with Crippen LogP contribution in [-0.2, 0) is 0 Å². The van der Waals surface area contributed by atoms with Crippen molar-refractivity contribution in [3.8, 4) is 0 Å². The Morgan fingerprint density at radius 3 is 2.53 bits per heavy atom. The van der Waals surface area contributed by atoms with E-state index >= 15 is 0 Å². The van der Waals surface area contributed by atoms with Crippen molar-refractivity contribution in [3.05, 3.63) is 33.8 Å². The van der Waals surface area contributed by atoms with Gasteiger partial charge in [-0.15, -0.1) is 0 Å². The topological polar surface area (TPSA) is 49.3 Å². The molecule has 2 rings (SSSR count). The van der Waals surface area contributed by atoms with Crippen LogP contribution in [0, 0.1) is 5.92 Å². The van der Waals surface area contributed by atoms with Crippen molar-refractivity contribution >= 4 is 29.1 Å². The second kappa shape index (κ2) is 6.60. The second-order valence-electron chi connectivity index (χ2n) is 4.90. The highest BCUT2D eigenvalue weighted by atomic mass is 35.5. The zero-order valence-electron chi connectivity index (χ0n) is 10.5. The molecule has 0 spiro atoms. The third kappa shape index (κ3) is 3.41. The number of benzene rings is 1. The number of amides is 1. The third-order valence-corrected chi connectivity index (χ3v) is 4.28. The van der Waals surface area contributed by atoms with Crippen LogP contribution in [0.4, 0.5) is 0 Å². The Hall–Kier alpha value is -0.770. The Labute approximate surface area is 122 Å². The van der Waals surface area contributed by atoms with Gasteiger partial charge in [0.2, 0.25) is 0 Å². The van der Waals surface area contributed by atoms with E-state index in [0.717, 1.165) is 25.7 Å². The molecule has 1 aromatic rings. The van der Waals surface area contributed by atoms with E-state index in [0.29, 0.717) is 15.6 Å². The minimum atomic E-state index is -0.263. The van der Waals surface area contributed by atoms with Gasteiger partial charge in [-0.2, -0.15) is 0 Å². The summed E-state index contributed by atoms with van der Waals surface area (Å²) in [5.74, 6) is -0.139. The van der Waals surface area contributed by atoms with E-state index < -0.39 is 0 Å². The third-order valence-electron chi connectivity index (χ3n) is 3.65. The number of hydrogen-bond donors (Lipinski definition) is 2. The fraction of sp³-hybridized carbons (Fsp3) is 0.500. The maximum Gasteiger partial charge on any atom is 0.254 e. The average Bonchev–Trinajstić information content (AvgIpc) is 2.39. The lowest BCUT2D eigenvalue weighted by molar-refractivity contribution is 0.0873. The van der Waals surface area contributed by atoms with Crippen LogP contribution in [0.2, 0.25) is 10.0 Å². The van der Waals surface area contributed by atoms with Gasteiger partial charge in [-0.25, -0.2) is 0 Å². The normalized spacial score (nSPS) is 23.1. The van der Waals surface area contributed by atoms with Gasteiger partial charge in [-0.3, -0.25) is 4.79 Å². The Morgan fingerprint density at radius 1 is 1.26 bits per heavy atom. The highest BCUT2D eigenvalue weighted by Crippen LogP contribution is 2.27. The first-order valence-electron chi connectivity index (χ1n) is 6.49. The summed E-state index contributed by atoms with van der Waals surface area (Å²) in [5, 5.41) is 13.0. The summed E-state index contributed by atoms with van der Waals surface area (Å²) in [6.07, 6.45) is 4.00. The summed E-state index contributed by atoms with van der Waals surface area (Å²) in [6.45, 7) is 0.0984. The predicted molar refractivity (Wildman–Crippen MR) is 76.8 cm³/mol. The molecular weight excluding hydrogens is 285 g/mol. The van der Waals surface area contributed by atoms with Gasteiger partial charge in [0, 0.05) is 18.6 Å². The van der Waals surface area contributed by atoms with Crippen LogP contribution in [0.5, 0.6) is 0 Å². The number of halogens is 2. The highest BCUT2D eigenvalue weighted by molar-refractivity contribution is 6.39. The molecule has 19 heavy (non-hydrogen) atoms. The quantitative estimate of drug-likeness (QED) is 0.900. The van der Waals surface area contributed by atoms with Crippen LogP contribution >= 0.6 is 23.2 Å². The number of nitrogens with one attached hydrogen (secondary N) is 1. The lowest BCUT2D eigenvalue weighted by Gasteiger charge is -2.31. The number of aliphatic hydroxyl groups is 1. The van der Waals surface area contributed by atoms with Crippen molar-refractivity contribution in [2.45, 2.75) is 31.7 Å². The van der Waals surface area contributed by atoms with Crippen LogP contribution in [0.1, 0.15) is 36.0 Å². The van der Waals surface area contributed by atoms with E-state index in [-0.39, 0.29) is 24.5 Å². The van der Waals surface area contributed by atoms with Crippen LogP contribution in [0.3, 0.4) is 0 Å². The molecule has 104 valence electrons. The largest absolute Gasteiger partial charge is 0.396 e. The van der Waals surface area contributed by atoms with E-state index in [1.54, 1.807) is 18.2 Å². The molecule has 0 saturated heterocycles. The van der Waals surface area contributed by atoms with Crippen molar-refractivity contribution in [2.75, 3.05) is 6.61 Å². The van der Waals surface area contributed by atoms with Gasteiger partial charge in [0.15, 0.2) is 0 Å². The molecule has 0 radical (unpaired) electrons. The van der Waals surface area contributed by atoms with E-state index in [1.165, 1.54) is 0 Å². The van der Waals surface area contributed by atoms with E-state index in [9.17, 15) is 9.90 Å². The van der Waals surface area contributed by atoms with E-state index in [1.807, 2.05) is 0 Å². The molecule has 0 aromatic heterocycles. The lowest BCUT2D eigenvalue weighted by atomic mass is 9.85. The van der Waals surface area contributed by atoms with Crippen molar-refractivity contribution in [1.29, 1.82) is 0 Å². The molecule has 0 heterocycles. The molecule has 1 aliphatic carbocycles. The Morgan fingerprint density at radius 2 is 1.89 bits per heavy atom. The average molecular weight is 302 g/mol. The Bertz CT molecular complexity index is 445. The SMILES string of the molecule is O=C(NC1CCCCC1CO)c1c(Cl)cccc1Cl. The summed E-state index contributed by atoms with van der Waals surface area (Å²) in [5.41, 5.74) is 0.313. The van der Waals surface area contributed by atoms with E-state index in [4.69, 9.17) is 23.2 Å². The maximum absolute atomic E-state index is 12.3. The van der Waals surface area contributed by atoms with Gasteiger partial charge in [0.05, 0.1) is 15.6 Å². The van der Waals surface area contributed by atoms with Gasteiger partial charge in [-0.05, 0) is 25.0 Å². The second-order valence-corrected chi connectivity index (χ2v) is 5.72. The molecule has 1 aliphatic rings. The van der Waals surface area contributed by atoms with Gasteiger partial charge < -0.3 is 10.4 Å². The summed E-state index contributed by atoms with van der Waals surface area (Å²) >= 11 is 12.0. The Kier molecular flexibility index (Phi) is 5.08. The number of hydrogen-bond acceptors (Lipinski definition) is 2. The summed E-state index contributed by atoms with van der Waals surface area (Å²) in [4.78, 5) is 12.3. The van der Waals surface area contributed by atoms with Crippen molar-refractivity contribution < 1.29 is 9.90 Å². The Balaban J connectivity index is 2.12. The minimum absolute atomic E-state index is 0.00131. The molecule has 0 bridgehead atoms. The zero-order valence-corrected chi connectivity index (χ0v) is 12.0. The molecule has 1 aromatic carbocycles. The van der Waals surface area contributed by atoms with Crippen molar-refractivity contribution in [3.63, 3.8) is 0 Å². The maximum atomic E-state index is 12.3.